The predicted molar refractivity (Wildman–Crippen MR) is 65.9 cm³/mol. The fourth-order valence-corrected chi connectivity index (χ4v) is 2.42. The highest BCUT2D eigenvalue weighted by Gasteiger charge is 2.36. The second-order valence-corrected chi connectivity index (χ2v) is 4.87. The van der Waals surface area contributed by atoms with Gasteiger partial charge in [0.1, 0.15) is 5.92 Å². The minimum atomic E-state index is -0.639. The Kier molecular flexibility index (Phi) is 3.65. The van der Waals surface area contributed by atoms with Crippen LogP contribution in [0.3, 0.4) is 0 Å². The van der Waals surface area contributed by atoms with Crippen LogP contribution in [0.25, 0.3) is 0 Å². The van der Waals surface area contributed by atoms with E-state index in [9.17, 15) is 9.59 Å². The van der Waals surface area contributed by atoms with E-state index in [1.54, 1.807) is 0 Å². The maximum atomic E-state index is 11.8. The maximum Gasteiger partial charge on any atom is 0.261 e. The number of ether oxygens (including phenoxy) is 1. The second kappa shape index (κ2) is 5.06. The van der Waals surface area contributed by atoms with Crippen LogP contribution in [0, 0.1) is 5.92 Å². The van der Waals surface area contributed by atoms with Crippen LogP contribution in [0.1, 0.15) is 27.2 Å². The van der Waals surface area contributed by atoms with Crippen LogP contribution < -0.4 is 5.32 Å². The third kappa shape index (κ3) is 2.25. The van der Waals surface area contributed by atoms with Gasteiger partial charge in [-0.2, -0.15) is 4.99 Å². The normalized spacial score (nSPS) is 33.2. The molecule has 0 aromatic heterocycles. The lowest BCUT2D eigenvalue weighted by Crippen LogP contribution is -2.60. The molecule has 3 atom stereocenters. The molecule has 18 heavy (non-hydrogen) atoms. The number of hydrogen-bond acceptors (Lipinski definition) is 4. The van der Waals surface area contributed by atoms with Crippen LogP contribution in [-0.2, 0) is 14.3 Å². The van der Waals surface area contributed by atoms with E-state index in [0.29, 0.717) is 25.6 Å². The standard InChI is InChI=1S/C12H19N3O3/c1-4-9-10(16)13-12(14-11(9)17)15-7(2)5-18-6-8(15)3/h7-9H,4-6H2,1-3H3,(H,13,14,16,17). The Bertz CT molecular complexity index is 384. The number of rotatable bonds is 1. The zero-order chi connectivity index (χ0) is 13.3. The molecule has 2 rings (SSSR count). The van der Waals surface area contributed by atoms with Crippen molar-refractivity contribution in [3.63, 3.8) is 0 Å². The monoisotopic (exact) mass is 253 g/mol. The van der Waals surface area contributed by atoms with Gasteiger partial charge < -0.3 is 9.64 Å². The summed E-state index contributed by atoms with van der Waals surface area (Å²) in [5.41, 5.74) is 0. The number of morpholine rings is 1. The first-order valence-electron chi connectivity index (χ1n) is 6.34. The summed E-state index contributed by atoms with van der Waals surface area (Å²) in [5, 5.41) is 2.74. The van der Waals surface area contributed by atoms with E-state index >= 15 is 0 Å². The minimum absolute atomic E-state index is 0.0961. The molecule has 100 valence electrons. The number of carbonyl (C=O) groups excluding carboxylic acids is 2. The third-order valence-corrected chi connectivity index (χ3v) is 3.39. The van der Waals surface area contributed by atoms with Gasteiger partial charge in [0, 0.05) is 0 Å². The molecule has 3 unspecified atom stereocenters. The van der Waals surface area contributed by atoms with E-state index < -0.39 is 5.92 Å². The van der Waals surface area contributed by atoms with Crippen LogP contribution in [0.15, 0.2) is 4.99 Å². The van der Waals surface area contributed by atoms with Gasteiger partial charge in [-0.15, -0.1) is 0 Å². The van der Waals surface area contributed by atoms with Gasteiger partial charge in [-0.05, 0) is 20.3 Å². The fourth-order valence-electron chi connectivity index (χ4n) is 2.42. The third-order valence-electron chi connectivity index (χ3n) is 3.39. The van der Waals surface area contributed by atoms with Crippen LogP contribution in [0.5, 0.6) is 0 Å². The molecule has 2 aliphatic heterocycles. The summed E-state index contributed by atoms with van der Waals surface area (Å²) in [7, 11) is 0. The van der Waals surface area contributed by atoms with Gasteiger partial charge in [-0.25, -0.2) is 0 Å². The Morgan fingerprint density at radius 2 is 1.94 bits per heavy atom. The van der Waals surface area contributed by atoms with E-state index in [1.165, 1.54) is 0 Å². The number of hydrogen-bond donors (Lipinski definition) is 1. The molecular formula is C12H19N3O3. The molecule has 2 heterocycles. The topological polar surface area (TPSA) is 71.0 Å². The van der Waals surface area contributed by atoms with Gasteiger partial charge in [0.05, 0.1) is 25.3 Å². The van der Waals surface area contributed by atoms with Gasteiger partial charge >= 0.3 is 0 Å². The molecule has 2 aliphatic rings. The van der Waals surface area contributed by atoms with Crippen molar-refractivity contribution in [1.82, 2.24) is 10.2 Å². The van der Waals surface area contributed by atoms with E-state index in [0.717, 1.165) is 0 Å². The maximum absolute atomic E-state index is 11.8. The quantitative estimate of drug-likeness (QED) is 0.674. The van der Waals surface area contributed by atoms with Crippen molar-refractivity contribution in [3.05, 3.63) is 0 Å². The summed E-state index contributed by atoms with van der Waals surface area (Å²) >= 11 is 0. The lowest BCUT2D eigenvalue weighted by Gasteiger charge is -2.41. The molecule has 1 fully saturated rings. The molecule has 2 amide bonds. The molecule has 0 aromatic carbocycles. The van der Waals surface area contributed by atoms with Gasteiger partial charge in [-0.3, -0.25) is 14.9 Å². The van der Waals surface area contributed by atoms with Gasteiger partial charge in [-0.1, -0.05) is 6.92 Å². The summed E-state index contributed by atoms with van der Waals surface area (Å²) in [6.07, 6.45) is 0.482. The van der Waals surface area contributed by atoms with Crippen molar-refractivity contribution in [2.45, 2.75) is 39.3 Å². The molecule has 6 heteroatoms. The number of nitrogens with zero attached hydrogens (tertiary/aromatic N) is 2. The van der Waals surface area contributed by atoms with Crippen molar-refractivity contribution >= 4 is 17.8 Å². The molecule has 6 nitrogen and oxygen atoms in total. The van der Waals surface area contributed by atoms with E-state index in [-0.39, 0.29) is 23.9 Å². The highest BCUT2D eigenvalue weighted by atomic mass is 16.5. The summed E-state index contributed by atoms with van der Waals surface area (Å²) in [5.74, 6) is -0.862. The van der Waals surface area contributed by atoms with Gasteiger partial charge in [0.15, 0.2) is 0 Å². The molecule has 1 N–H and O–H groups in total. The number of amides is 2. The van der Waals surface area contributed by atoms with Crippen LogP contribution in [0.4, 0.5) is 0 Å². The predicted octanol–water partition coefficient (Wildman–Crippen LogP) is 0.134. The molecule has 0 aromatic rings. The van der Waals surface area contributed by atoms with Gasteiger partial charge in [0.2, 0.25) is 11.9 Å². The van der Waals surface area contributed by atoms with Crippen molar-refractivity contribution < 1.29 is 14.3 Å². The van der Waals surface area contributed by atoms with Crippen molar-refractivity contribution in [1.29, 1.82) is 0 Å². The molecule has 0 saturated carbocycles. The first kappa shape index (κ1) is 13.0. The number of guanidine groups is 1. The lowest BCUT2D eigenvalue weighted by molar-refractivity contribution is -0.134. The number of carbonyl (C=O) groups is 2. The largest absolute Gasteiger partial charge is 0.377 e. The highest BCUT2D eigenvalue weighted by molar-refractivity contribution is 6.15. The Balaban J connectivity index is 2.23. The Hall–Kier alpha value is -1.43. The Morgan fingerprint density at radius 1 is 1.33 bits per heavy atom. The molecular weight excluding hydrogens is 234 g/mol. The first-order chi connectivity index (χ1) is 8.54. The molecule has 0 spiro atoms. The van der Waals surface area contributed by atoms with E-state index in [1.807, 2.05) is 25.7 Å². The Morgan fingerprint density at radius 3 is 2.44 bits per heavy atom. The fraction of sp³-hybridized carbons (Fsp3) is 0.750. The zero-order valence-electron chi connectivity index (χ0n) is 11.0. The lowest BCUT2D eigenvalue weighted by atomic mass is 10.0. The minimum Gasteiger partial charge on any atom is -0.377 e. The van der Waals surface area contributed by atoms with Crippen LogP contribution in [0.2, 0.25) is 0 Å². The zero-order valence-corrected chi connectivity index (χ0v) is 11.0. The number of nitrogens with one attached hydrogen (secondary N) is 1. The van der Waals surface area contributed by atoms with Crippen LogP contribution >= 0.6 is 0 Å². The van der Waals surface area contributed by atoms with Crippen LogP contribution in [-0.4, -0.2) is 48.0 Å². The van der Waals surface area contributed by atoms with E-state index in [4.69, 9.17) is 4.74 Å². The summed E-state index contributed by atoms with van der Waals surface area (Å²) < 4.78 is 5.42. The molecule has 0 bridgehead atoms. The second-order valence-electron chi connectivity index (χ2n) is 4.87. The summed E-state index contributed by atoms with van der Waals surface area (Å²) in [6, 6.07) is 0.192. The van der Waals surface area contributed by atoms with Gasteiger partial charge in [0.25, 0.3) is 5.91 Å². The Labute approximate surface area is 106 Å². The molecule has 0 radical (unpaired) electrons. The SMILES string of the molecule is CCC1C(=O)N=C(N2C(C)COCC2C)NC1=O. The average molecular weight is 253 g/mol. The van der Waals surface area contributed by atoms with Crippen molar-refractivity contribution in [2.75, 3.05) is 13.2 Å². The van der Waals surface area contributed by atoms with Crippen molar-refractivity contribution in [2.24, 2.45) is 10.9 Å². The smallest absolute Gasteiger partial charge is 0.261 e. The number of aliphatic imine (C=N–C) groups is 1. The highest BCUT2D eigenvalue weighted by Crippen LogP contribution is 2.17. The molecule has 1 saturated heterocycles. The van der Waals surface area contributed by atoms with Crippen molar-refractivity contribution in [3.8, 4) is 0 Å². The van der Waals surface area contributed by atoms with E-state index in [2.05, 4.69) is 10.3 Å². The average Bonchev–Trinajstić information content (AvgIpc) is 2.28. The molecule has 0 aliphatic carbocycles. The summed E-state index contributed by atoms with van der Waals surface area (Å²) in [6.45, 7) is 6.93. The summed E-state index contributed by atoms with van der Waals surface area (Å²) in [4.78, 5) is 29.6. The first-order valence-corrected chi connectivity index (χ1v) is 6.34.